The molecule has 5 nitrogen and oxygen atoms in total. The number of hydrogen-bond acceptors (Lipinski definition) is 4. The number of hydrogen-bond donors (Lipinski definition) is 1. The van der Waals surface area contributed by atoms with Crippen LogP contribution in [-0.4, -0.2) is 61.6 Å². The van der Waals surface area contributed by atoms with Gasteiger partial charge in [0.25, 0.3) is 0 Å². The van der Waals surface area contributed by atoms with Crippen molar-refractivity contribution in [2.24, 2.45) is 0 Å². The van der Waals surface area contributed by atoms with Crippen LogP contribution in [0.1, 0.15) is 18.1 Å². The highest BCUT2D eigenvalue weighted by Crippen LogP contribution is 2.15. The molecule has 0 radical (unpaired) electrons. The Labute approximate surface area is 172 Å². The zero-order valence-electron chi connectivity index (χ0n) is 17.2. The molecule has 1 heterocycles. The molecule has 0 spiro atoms. The summed E-state index contributed by atoms with van der Waals surface area (Å²) in [5.41, 5.74) is 2.29. The van der Waals surface area contributed by atoms with Crippen LogP contribution in [0, 0.1) is 5.82 Å². The topological polar surface area (TPSA) is 44.8 Å². The van der Waals surface area contributed by atoms with E-state index in [9.17, 15) is 9.18 Å². The molecule has 1 aliphatic rings. The lowest BCUT2D eigenvalue weighted by Crippen LogP contribution is -2.53. The quantitative estimate of drug-likeness (QED) is 0.741. The fourth-order valence-corrected chi connectivity index (χ4v) is 3.59. The van der Waals surface area contributed by atoms with Gasteiger partial charge in [0.15, 0.2) is 0 Å². The minimum Gasteiger partial charge on any atom is -0.497 e. The molecule has 0 bridgehead atoms. The van der Waals surface area contributed by atoms with Crippen LogP contribution in [0.25, 0.3) is 0 Å². The molecule has 2 aromatic carbocycles. The molecular formula is C23H30FN3O2. The number of nitrogens with one attached hydrogen (secondary N) is 1. The third-order valence-corrected chi connectivity index (χ3v) is 5.53. The number of carbonyl (C=O) groups excluding carboxylic acids is 1. The highest BCUT2D eigenvalue weighted by Gasteiger charge is 2.25. The van der Waals surface area contributed by atoms with Gasteiger partial charge in [0.1, 0.15) is 11.6 Å². The number of methoxy groups -OCH3 is 1. The molecule has 6 heteroatoms. The Morgan fingerprint density at radius 1 is 1.03 bits per heavy atom. The van der Waals surface area contributed by atoms with Crippen LogP contribution in [0.3, 0.4) is 0 Å². The van der Waals surface area contributed by atoms with Gasteiger partial charge in [-0.25, -0.2) is 4.39 Å². The van der Waals surface area contributed by atoms with Gasteiger partial charge >= 0.3 is 0 Å². The van der Waals surface area contributed by atoms with Crippen molar-refractivity contribution in [1.82, 2.24) is 15.1 Å². The fourth-order valence-electron chi connectivity index (χ4n) is 3.59. The number of rotatable bonds is 8. The third kappa shape index (κ3) is 6.27. The summed E-state index contributed by atoms with van der Waals surface area (Å²) in [5.74, 6) is 0.686. The summed E-state index contributed by atoms with van der Waals surface area (Å²) in [4.78, 5) is 17.1. The molecule has 1 aliphatic heterocycles. The molecule has 0 aliphatic carbocycles. The van der Waals surface area contributed by atoms with Crippen LogP contribution in [-0.2, 0) is 17.8 Å². The molecule has 156 valence electrons. The first kappa shape index (κ1) is 21.3. The van der Waals surface area contributed by atoms with Gasteiger partial charge in [-0.05, 0) is 48.7 Å². The largest absolute Gasteiger partial charge is 0.497 e. The predicted molar refractivity (Wildman–Crippen MR) is 112 cm³/mol. The van der Waals surface area contributed by atoms with Gasteiger partial charge in [-0.3, -0.25) is 14.6 Å². The molecule has 0 saturated carbocycles. The number of amides is 1. The van der Waals surface area contributed by atoms with E-state index >= 15 is 0 Å². The first-order valence-electron chi connectivity index (χ1n) is 10.2. The maximum Gasteiger partial charge on any atom is 0.237 e. The summed E-state index contributed by atoms with van der Waals surface area (Å²) < 4.78 is 18.2. The van der Waals surface area contributed by atoms with Crippen molar-refractivity contribution < 1.29 is 13.9 Å². The second-order valence-corrected chi connectivity index (χ2v) is 7.50. The Kier molecular flexibility index (Phi) is 7.61. The Bertz CT molecular complexity index is 772. The monoisotopic (exact) mass is 399 g/mol. The maximum absolute atomic E-state index is 12.9. The van der Waals surface area contributed by atoms with E-state index in [-0.39, 0.29) is 17.8 Å². The fraction of sp³-hybridized carbons (Fsp3) is 0.435. The summed E-state index contributed by atoms with van der Waals surface area (Å²) in [6, 6.07) is 14.4. The van der Waals surface area contributed by atoms with E-state index in [4.69, 9.17) is 4.74 Å². The molecule has 1 N–H and O–H groups in total. The predicted octanol–water partition coefficient (Wildman–Crippen LogP) is 2.70. The molecule has 3 rings (SSSR count). The van der Waals surface area contributed by atoms with E-state index in [1.165, 1.54) is 17.7 Å². The molecule has 2 aromatic rings. The lowest BCUT2D eigenvalue weighted by atomic mass is 10.1. The molecular weight excluding hydrogens is 369 g/mol. The third-order valence-electron chi connectivity index (χ3n) is 5.53. The van der Waals surface area contributed by atoms with Crippen LogP contribution in [0.15, 0.2) is 48.5 Å². The standard InChI is InChI=1S/C23H30FN3O2/c1-18(23(28)25-12-11-19-3-7-21(24)8-4-19)27-15-13-26(14-16-27)17-20-5-9-22(29-2)10-6-20/h3-10,18H,11-17H2,1-2H3,(H,25,28)/t18-/m0/s1. The Morgan fingerprint density at radius 3 is 2.28 bits per heavy atom. The molecule has 1 atom stereocenters. The van der Waals surface area contributed by atoms with Crippen LogP contribution in [0.4, 0.5) is 4.39 Å². The van der Waals surface area contributed by atoms with Crippen molar-refractivity contribution in [1.29, 1.82) is 0 Å². The van der Waals surface area contributed by atoms with Gasteiger partial charge in [0.05, 0.1) is 13.2 Å². The van der Waals surface area contributed by atoms with Gasteiger partial charge in [-0.2, -0.15) is 0 Å². The average Bonchev–Trinajstić information content (AvgIpc) is 2.75. The van der Waals surface area contributed by atoms with Gasteiger partial charge < -0.3 is 10.1 Å². The van der Waals surface area contributed by atoms with Crippen LogP contribution < -0.4 is 10.1 Å². The number of carbonyl (C=O) groups is 1. The van der Waals surface area contributed by atoms with Gasteiger partial charge in [0.2, 0.25) is 5.91 Å². The Morgan fingerprint density at radius 2 is 1.66 bits per heavy atom. The first-order chi connectivity index (χ1) is 14.0. The minimum absolute atomic E-state index is 0.0516. The van der Waals surface area contributed by atoms with Gasteiger partial charge in [-0.15, -0.1) is 0 Å². The summed E-state index contributed by atoms with van der Waals surface area (Å²) >= 11 is 0. The molecule has 0 aromatic heterocycles. The molecule has 1 fully saturated rings. The van der Waals surface area contributed by atoms with Crippen molar-refractivity contribution in [3.8, 4) is 5.75 Å². The minimum atomic E-state index is -0.238. The zero-order valence-corrected chi connectivity index (χ0v) is 17.2. The van der Waals surface area contributed by atoms with Gasteiger partial charge in [-0.1, -0.05) is 24.3 Å². The number of benzene rings is 2. The highest BCUT2D eigenvalue weighted by molar-refractivity contribution is 5.81. The van der Waals surface area contributed by atoms with Crippen molar-refractivity contribution >= 4 is 5.91 Å². The highest BCUT2D eigenvalue weighted by atomic mass is 19.1. The smallest absolute Gasteiger partial charge is 0.237 e. The summed E-state index contributed by atoms with van der Waals surface area (Å²) in [6.07, 6.45) is 0.703. The Balaban J connectivity index is 1.38. The molecule has 1 amide bonds. The van der Waals surface area contributed by atoms with E-state index in [2.05, 4.69) is 27.2 Å². The summed E-state index contributed by atoms with van der Waals surface area (Å²) in [6.45, 7) is 7.08. The molecule has 29 heavy (non-hydrogen) atoms. The van der Waals surface area contributed by atoms with Crippen LogP contribution in [0.5, 0.6) is 5.75 Å². The van der Waals surface area contributed by atoms with Crippen LogP contribution >= 0.6 is 0 Å². The van der Waals surface area contributed by atoms with E-state index in [1.54, 1.807) is 19.2 Å². The van der Waals surface area contributed by atoms with Crippen molar-refractivity contribution in [2.75, 3.05) is 39.8 Å². The average molecular weight is 400 g/mol. The molecule has 0 unspecified atom stereocenters. The van der Waals surface area contributed by atoms with E-state index in [0.717, 1.165) is 44.0 Å². The first-order valence-corrected chi connectivity index (χ1v) is 10.2. The van der Waals surface area contributed by atoms with Gasteiger partial charge in [0, 0.05) is 39.3 Å². The maximum atomic E-state index is 12.9. The van der Waals surface area contributed by atoms with Crippen molar-refractivity contribution in [2.45, 2.75) is 25.9 Å². The zero-order chi connectivity index (χ0) is 20.6. The summed E-state index contributed by atoms with van der Waals surface area (Å²) in [7, 11) is 1.67. The van der Waals surface area contributed by atoms with E-state index < -0.39 is 0 Å². The lowest BCUT2D eigenvalue weighted by molar-refractivity contribution is -0.126. The van der Waals surface area contributed by atoms with E-state index in [0.29, 0.717) is 13.0 Å². The number of piperazine rings is 1. The SMILES string of the molecule is COc1ccc(CN2CCN([C@@H](C)C(=O)NCCc3ccc(F)cc3)CC2)cc1. The van der Waals surface area contributed by atoms with Crippen molar-refractivity contribution in [3.63, 3.8) is 0 Å². The number of ether oxygens (including phenoxy) is 1. The van der Waals surface area contributed by atoms with Crippen LogP contribution in [0.2, 0.25) is 0 Å². The Hall–Kier alpha value is -2.44. The van der Waals surface area contributed by atoms with E-state index in [1.807, 2.05) is 19.1 Å². The second-order valence-electron chi connectivity index (χ2n) is 7.50. The molecule has 1 saturated heterocycles. The van der Waals surface area contributed by atoms with Crippen molar-refractivity contribution in [3.05, 3.63) is 65.5 Å². The normalized spacial score (nSPS) is 16.4. The lowest BCUT2D eigenvalue weighted by Gasteiger charge is -2.37. The number of halogens is 1. The summed E-state index contributed by atoms with van der Waals surface area (Å²) in [5, 5.41) is 3.00. The second kappa shape index (κ2) is 10.4. The number of nitrogens with zero attached hydrogens (tertiary/aromatic N) is 2.